The number of hydrogen-bond donors (Lipinski definition) is 1. The number of rotatable bonds is 3. The van der Waals surface area contributed by atoms with Crippen LogP contribution < -0.4 is 5.32 Å². The Morgan fingerprint density at radius 3 is 2.82 bits per heavy atom. The Kier molecular flexibility index (Phi) is 4.41. The molecule has 0 radical (unpaired) electrons. The Balaban J connectivity index is 1.84. The number of likely N-dealkylation sites (N-methyl/N-ethyl adjacent to an activating group) is 1. The van der Waals surface area contributed by atoms with E-state index in [2.05, 4.69) is 17.3 Å². The monoisotopic (exact) mass is 261 g/mol. The Morgan fingerprint density at radius 2 is 2.12 bits per heavy atom. The van der Waals surface area contributed by atoms with E-state index in [4.69, 9.17) is 0 Å². The summed E-state index contributed by atoms with van der Waals surface area (Å²) in [5.74, 6) is 0.339. The van der Waals surface area contributed by atoms with Crippen molar-refractivity contribution in [1.29, 1.82) is 0 Å². The van der Waals surface area contributed by atoms with E-state index in [1.807, 2.05) is 0 Å². The standard InChI is InChI=1S/C11H23N3O2S/c1-13-8-5-12-10-11(13)4-7-14-6-2-3-9-17(14,15)16/h11-12H,2-10H2,1H3. The van der Waals surface area contributed by atoms with Crippen LogP contribution in [-0.4, -0.2) is 69.2 Å². The molecule has 5 nitrogen and oxygen atoms in total. The zero-order valence-corrected chi connectivity index (χ0v) is 11.4. The van der Waals surface area contributed by atoms with Gasteiger partial charge in [-0.15, -0.1) is 0 Å². The van der Waals surface area contributed by atoms with E-state index in [9.17, 15) is 8.42 Å². The first-order valence-corrected chi connectivity index (χ1v) is 8.09. The zero-order valence-electron chi connectivity index (χ0n) is 10.6. The molecule has 17 heavy (non-hydrogen) atoms. The molecule has 2 aliphatic rings. The van der Waals surface area contributed by atoms with Crippen LogP contribution in [0.2, 0.25) is 0 Å². The van der Waals surface area contributed by atoms with E-state index >= 15 is 0 Å². The van der Waals surface area contributed by atoms with Crippen LogP contribution in [0.3, 0.4) is 0 Å². The summed E-state index contributed by atoms with van der Waals surface area (Å²) in [6, 6.07) is 0.473. The van der Waals surface area contributed by atoms with Gasteiger partial charge in [-0.25, -0.2) is 12.7 Å². The molecule has 1 atom stereocenters. The van der Waals surface area contributed by atoms with Crippen LogP contribution in [0.4, 0.5) is 0 Å². The highest BCUT2D eigenvalue weighted by Crippen LogP contribution is 2.15. The van der Waals surface area contributed by atoms with E-state index in [0.29, 0.717) is 24.9 Å². The van der Waals surface area contributed by atoms with Gasteiger partial charge >= 0.3 is 0 Å². The molecule has 0 aromatic heterocycles. The first-order chi connectivity index (χ1) is 8.09. The van der Waals surface area contributed by atoms with E-state index in [0.717, 1.165) is 38.9 Å². The first kappa shape index (κ1) is 13.3. The average molecular weight is 261 g/mol. The second-order valence-electron chi connectivity index (χ2n) is 5.05. The molecule has 0 aromatic rings. The average Bonchev–Trinajstić information content (AvgIpc) is 2.29. The summed E-state index contributed by atoms with van der Waals surface area (Å²) in [7, 11) is -0.826. The second kappa shape index (κ2) is 5.65. The van der Waals surface area contributed by atoms with Gasteiger partial charge in [0.1, 0.15) is 0 Å². The predicted molar refractivity (Wildman–Crippen MR) is 68.5 cm³/mol. The lowest BCUT2D eigenvalue weighted by Gasteiger charge is -2.35. The van der Waals surface area contributed by atoms with Crippen molar-refractivity contribution >= 4 is 10.0 Å². The van der Waals surface area contributed by atoms with Crippen LogP contribution in [0.25, 0.3) is 0 Å². The van der Waals surface area contributed by atoms with Gasteiger partial charge in [0.2, 0.25) is 10.0 Å². The third kappa shape index (κ3) is 3.40. The van der Waals surface area contributed by atoms with E-state index in [1.54, 1.807) is 4.31 Å². The molecular weight excluding hydrogens is 238 g/mol. The van der Waals surface area contributed by atoms with Gasteiger partial charge in [-0.3, -0.25) is 0 Å². The van der Waals surface area contributed by atoms with Crippen molar-refractivity contribution in [3.8, 4) is 0 Å². The molecule has 0 spiro atoms. The molecule has 2 rings (SSSR count). The van der Waals surface area contributed by atoms with Gasteiger partial charge in [-0.2, -0.15) is 0 Å². The Morgan fingerprint density at radius 1 is 1.29 bits per heavy atom. The van der Waals surface area contributed by atoms with Gasteiger partial charge in [0, 0.05) is 38.8 Å². The smallest absolute Gasteiger partial charge is 0.214 e. The summed E-state index contributed by atoms with van der Waals surface area (Å²) in [5.41, 5.74) is 0. The van der Waals surface area contributed by atoms with Gasteiger partial charge in [-0.1, -0.05) is 0 Å². The maximum Gasteiger partial charge on any atom is 0.214 e. The van der Waals surface area contributed by atoms with Gasteiger partial charge in [-0.05, 0) is 26.3 Å². The number of piperazine rings is 1. The van der Waals surface area contributed by atoms with E-state index < -0.39 is 10.0 Å². The lowest BCUT2D eigenvalue weighted by atomic mass is 10.1. The van der Waals surface area contributed by atoms with Crippen molar-refractivity contribution < 1.29 is 8.42 Å². The molecule has 0 bridgehead atoms. The molecule has 0 amide bonds. The molecule has 0 saturated carbocycles. The molecule has 2 aliphatic heterocycles. The van der Waals surface area contributed by atoms with Gasteiger partial charge in [0.05, 0.1) is 5.75 Å². The topological polar surface area (TPSA) is 52.6 Å². The highest BCUT2D eigenvalue weighted by atomic mass is 32.2. The van der Waals surface area contributed by atoms with Crippen LogP contribution in [0.1, 0.15) is 19.3 Å². The number of nitrogens with zero attached hydrogens (tertiary/aromatic N) is 2. The predicted octanol–water partition coefficient (Wildman–Crippen LogP) is -0.294. The Labute approximate surface area is 104 Å². The van der Waals surface area contributed by atoms with Crippen molar-refractivity contribution in [1.82, 2.24) is 14.5 Å². The van der Waals surface area contributed by atoms with E-state index in [1.165, 1.54) is 0 Å². The van der Waals surface area contributed by atoms with Crippen LogP contribution in [-0.2, 0) is 10.0 Å². The Bertz CT molecular complexity index is 345. The number of sulfonamides is 1. The summed E-state index contributed by atoms with van der Waals surface area (Å²) < 4.78 is 25.3. The molecule has 2 heterocycles. The van der Waals surface area contributed by atoms with Gasteiger partial charge in [0.15, 0.2) is 0 Å². The highest BCUT2D eigenvalue weighted by Gasteiger charge is 2.27. The molecule has 0 aliphatic carbocycles. The SMILES string of the molecule is CN1CCNCC1CCN1CCCCS1(=O)=O. The molecule has 1 N–H and O–H groups in total. The summed E-state index contributed by atoms with van der Waals surface area (Å²) in [6.07, 6.45) is 2.77. The maximum atomic E-state index is 11.8. The fourth-order valence-corrected chi connectivity index (χ4v) is 4.19. The lowest BCUT2D eigenvalue weighted by Crippen LogP contribution is -2.51. The normalized spacial score (nSPS) is 31.5. The summed E-state index contributed by atoms with van der Waals surface area (Å²) in [6.45, 7) is 4.46. The fourth-order valence-electron chi connectivity index (χ4n) is 2.57. The summed E-state index contributed by atoms with van der Waals surface area (Å²) in [5, 5.41) is 3.36. The summed E-state index contributed by atoms with van der Waals surface area (Å²) >= 11 is 0. The zero-order chi connectivity index (χ0) is 12.3. The third-order valence-electron chi connectivity index (χ3n) is 3.81. The molecule has 1 unspecified atom stereocenters. The summed E-state index contributed by atoms with van der Waals surface area (Å²) in [4.78, 5) is 2.33. The fraction of sp³-hybridized carbons (Fsp3) is 1.00. The van der Waals surface area contributed by atoms with Gasteiger partial charge < -0.3 is 10.2 Å². The molecular formula is C11H23N3O2S. The molecule has 2 fully saturated rings. The van der Waals surface area contributed by atoms with Crippen LogP contribution in [0, 0.1) is 0 Å². The molecule has 2 saturated heterocycles. The number of hydrogen-bond acceptors (Lipinski definition) is 4. The minimum atomic E-state index is -2.95. The number of nitrogens with one attached hydrogen (secondary N) is 1. The van der Waals surface area contributed by atoms with Crippen molar-refractivity contribution in [2.24, 2.45) is 0 Å². The van der Waals surface area contributed by atoms with Crippen molar-refractivity contribution in [3.05, 3.63) is 0 Å². The van der Waals surface area contributed by atoms with E-state index in [-0.39, 0.29) is 0 Å². The van der Waals surface area contributed by atoms with Crippen molar-refractivity contribution in [3.63, 3.8) is 0 Å². The van der Waals surface area contributed by atoms with Crippen LogP contribution in [0.5, 0.6) is 0 Å². The maximum absolute atomic E-state index is 11.8. The third-order valence-corrected chi connectivity index (χ3v) is 5.77. The highest BCUT2D eigenvalue weighted by molar-refractivity contribution is 7.89. The van der Waals surface area contributed by atoms with Crippen LogP contribution in [0.15, 0.2) is 0 Å². The van der Waals surface area contributed by atoms with Crippen molar-refractivity contribution in [2.75, 3.05) is 45.5 Å². The quantitative estimate of drug-likeness (QED) is 0.758. The minimum absolute atomic E-state index is 0.339. The molecule has 0 aromatic carbocycles. The first-order valence-electron chi connectivity index (χ1n) is 6.48. The molecule has 100 valence electrons. The van der Waals surface area contributed by atoms with Crippen LogP contribution >= 0.6 is 0 Å². The largest absolute Gasteiger partial charge is 0.314 e. The lowest BCUT2D eigenvalue weighted by molar-refractivity contribution is 0.181. The van der Waals surface area contributed by atoms with Gasteiger partial charge in [0.25, 0.3) is 0 Å². The Hall–Kier alpha value is -0.170. The van der Waals surface area contributed by atoms with Crippen molar-refractivity contribution in [2.45, 2.75) is 25.3 Å². The minimum Gasteiger partial charge on any atom is -0.314 e. The molecule has 6 heteroatoms. The second-order valence-corrected chi connectivity index (χ2v) is 7.14.